The molecule has 2 nitrogen and oxygen atoms in total. The lowest BCUT2D eigenvalue weighted by Crippen LogP contribution is -2.34. The molecule has 1 aromatic rings. The summed E-state index contributed by atoms with van der Waals surface area (Å²) in [6.45, 7) is 13.5. The van der Waals surface area contributed by atoms with Crippen molar-refractivity contribution in [3.8, 4) is 11.5 Å². The minimum absolute atomic E-state index is 0.984. The van der Waals surface area contributed by atoms with Crippen molar-refractivity contribution in [2.24, 2.45) is 0 Å². The maximum absolute atomic E-state index is 6.17. The van der Waals surface area contributed by atoms with Gasteiger partial charge in [0, 0.05) is 0 Å². The van der Waals surface area contributed by atoms with Crippen LogP contribution in [0, 0.1) is 0 Å². The molecule has 0 bridgehead atoms. The summed E-state index contributed by atoms with van der Waals surface area (Å²) in [6, 6.07) is 10.6. The van der Waals surface area contributed by atoms with E-state index in [0.717, 1.165) is 11.5 Å². The molecule has 0 spiro atoms. The average molecular weight is 311 g/mol. The van der Waals surface area contributed by atoms with E-state index in [0.29, 0.717) is 0 Å². The highest BCUT2D eigenvalue weighted by atomic mass is 28.4. The van der Waals surface area contributed by atoms with Gasteiger partial charge in [0.1, 0.15) is 11.5 Å². The van der Waals surface area contributed by atoms with Gasteiger partial charge in [-0.05, 0) is 62.5 Å². The van der Waals surface area contributed by atoms with Crippen LogP contribution in [0.15, 0.2) is 24.3 Å². The Kier molecular flexibility index (Phi) is 6.33. The summed E-state index contributed by atoms with van der Waals surface area (Å²) in [6.07, 6.45) is 2.38. The fraction of sp³-hybridized carbons (Fsp3) is 0.625. The van der Waals surface area contributed by atoms with Gasteiger partial charge >= 0.3 is 0 Å². The predicted octanol–water partition coefficient (Wildman–Crippen LogP) is 5.67. The Labute approximate surface area is 126 Å². The van der Waals surface area contributed by atoms with Crippen molar-refractivity contribution in [3.63, 3.8) is 0 Å². The summed E-state index contributed by atoms with van der Waals surface area (Å²) >= 11 is 0. The van der Waals surface area contributed by atoms with Crippen molar-refractivity contribution >= 4 is 16.6 Å². The van der Waals surface area contributed by atoms with Gasteiger partial charge in [0.2, 0.25) is 16.6 Å². The first-order valence-corrected chi connectivity index (χ1v) is 14.0. The minimum atomic E-state index is -1.55. The Hall–Kier alpha value is -0.746. The third-order valence-electron chi connectivity index (χ3n) is 3.32. The molecule has 0 aromatic heterocycles. The molecule has 0 aliphatic carbocycles. The van der Waals surface area contributed by atoms with Gasteiger partial charge < -0.3 is 8.85 Å². The molecule has 0 radical (unpaired) electrons. The van der Waals surface area contributed by atoms with Gasteiger partial charge in [0.25, 0.3) is 0 Å². The number of benzene rings is 1. The SMILES string of the molecule is CCC[Si](C)(C)Oc1ccc(O[Si](C)(C)CCC)cc1. The van der Waals surface area contributed by atoms with E-state index in [9.17, 15) is 0 Å². The molecule has 0 N–H and O–H groups in total. The lowest BCUT2D eigenvalue weighted by atomic mass is 10.3. The maximum atomic E-state index is 6.17. The van der Waals surface area contributed by atoms with Crippen LogP contribution in [0.4, 0.5) is 0 Å². The van der Waals surface area contributed by atoms with Gasteiger partial charge in [0.05, 0.1) is 0 Å². The molecule has 1 rings (SSSR count). The van der Waals surface area contributed by atoms with Crippen LogP contribution in [0.1, 0.15) is 26.7 Å². The van der Waals surface area contributed by atoms with Crippen LogP contribution in [0.3, 0.4) is 0 Å². The van der Waals surface area contributed by atoms with Crippen LogP contribution < -0.4 is 8.85 Å². The zero-order valence-corrected chi connectivity index (χ0v) is 16.0. The smallest absolute Gasteiger partial charge is 0.245 e. The molecular weight excluding hydrogens is 280 g/mol. The summed E-state index contributed by atoms with van der Waals surface area (Å²) < 4.78 is 12.3. The summed E-state index contributed by atoms with van der Waals surface area (Å²) in [4.78, 5) is 0. The van der Waals surface area contributed by atoms with Gasteiger partial charge in [-0.2, -0.15) is 0 Å². The van der Waals surface area contributed by atoms with Crippen molar-refractivity contribution in [2.45, 2.75) is 65.0 Å². The Balaban J connectivity index is 2.65. The van der Waals surface area contributed by atoms with Gasteiger partial charge in [-0.3, -0.25) is 0 Å². The Bertz CT molecular complexity index is 360. The number of hydrogen-bond donors (Lipinski definition) is 0. The second kappa shape index (κ2) is 7.32. The quantitative estimate of drug-likeness (QED) is 0.576. The van der Waals surface area contributed by atoms with E-state index in [2.05, 4.69) is 64.3 Å². The topological polar surface area (TPSA) is 18.5 Å². The molecule has 0 saturated carbocycles. The standard InChI is InChI=1S/C16H30O2Si2/c1-7-13-19(3,4)17-15-9-11-16(12-10-15)18-20(5,6)14-8-2/h9-12H,7-8,13-14H2,1-6H3. The summed E-state index contributed by atoms with van der Waals surface area (Å²) in [5.74, 6) is 1.97. The molecule has 0 fully saturated rings. The first-order valence-electron chi connectivity index (χ1n) is 7.76. The van der Waals surface area contributed by atoms with Crippen LogP contribution >= 0.6 is 0 Å². The lowest BCUT2D eigenvalue weighted by molar-refractivity contribution is 0.530. The first kappa shape index (κ1) is 17.3. The molecule has 0 aliphatic rings. The van der Waals surface area contributed by atoms with E-state index in [-0.39, 0.29) is 0 Å². The van der Waals surface area contributed by atoms with E-state index < -0.39 is 16.6 Å². The molecular formula is C16H30O2Si2. The second-order valence-corrected chi connectivity index (χ2v) is 15.1. The minimum Gasteiger partial charge on any atom is -0.544 e. The largest absolute Gasteiger partial charge is 0.544 e. The highest BCUT2D eigenvalue weighted by Crippen LogP contribution is 2.25. The number of rotatable bonds is 8. The highest BCUT2D eigenvalue weighted by molar-refractivity contribution is 6.72. The predicted molar refractivity (Wildman–Crippen MR) is 92.9 cm³/mol. The monoisotopic (exact) mass is 310 g/mol. The summed E-state index contributed by atoms with van der Waals surface area (Å²) in [5.41, 5.74) is 0. The third-order valence-corrected chi connectivity index (χ3v) is 8.30. The molecule has 4 heteroatoms. The van der Waals surface area contributed by atoms with Crippen LogP contribution in [-0.2, 0) is 0 Å². The zero-order valence-electron chi connectivity index (χ0n) is 14.0. The molecule has 0 saturated heterocycles. The van der Waals surface area contributed by atoms with Gasteiger partial charge in [-0.1, -0.05) is 26.7 Å². The molecule has 0 heterocycles. The molecule has 0 atom stereocenters. The van der Waals surface area contributed by atoms with E-state index in [1.807, 2.05) is 0 Å². The molecule has 0 aliphatic heterocycles. The van der Waals surface area contributed by atoms with Crippen molar-refractivity contribution in [1.29, 1.82) is 0 Å². The van der Waals surface area contributed by atoms with E-state index in [1.165, 1.54) is 24.9 Å². The molecule has 0 unspecified atom stereocenters. The van der Waals surface area contributed by atoms with Gasteiger partial charge in [-0.25, -0.2) is 0 Å². The Morgan fingerprint density at radius 2 is 1.00 bits per heavy atom. The van der Waals surface area contributed by atoms with E-state index >= 15 is 0 Å². The van der Waals surface area contributed by atoms with E-state index in [4.69, 9.17) is 8.85 Å². The maximum Gasteiger partial charge on any atom is 0.245 e. The fourth-order valence-electron chi connectivity index (χ4n) is 2.52. The summed E-state index contributed by atoms with van der Waals surface area (Å²) in [5, 5.41) is 0. The third kappa shape index (κ3) is 6.14. The molecule has 1 aromatic carbocycles. The molecule has 114 valence electrons. The van der Waals surface area contributed by atoms with Crippen LogP contribution in [-0.4, -0.2) is 16.6 Å². The van der Waals surface area contributed by atoms with Crippen LogP contribution in [0.5, 0.6) is 11.5 Å². The van der Waals surface area contributed by atoms with Crippen LogP contribution in [0.2, 0.25) is 38.3 Å². The van der Waals surface area contributed by atoms with E-state index in [1.54, 1.807) is 0 Å². The van der Waals surface area contributed by atoms with Crippen molar-refractivity contribution in [3.05, 3.63) is 24.3 Å². The highest BCUT2D eigenvalue weighted by Gasteiger charge is 2.24. The Morgan fingerprint density at radius 3 is 1.25 bits per heavy atom. The average Bonchev–Trinajstić information content (AvgIpc) is 2.30. The van der Waals surface area contributed by atoms with Crippen molar-refractivity contribution < 1.29 is 8.85 Å². The molecule has 0 amide bonds. The van der Waals surface area contributed by atoms with Gasteiger partial charge in [0.15, 0.2) is 0 Å². The van der Waals surface area contributed by atoms with Crippen molar-refractivity contribution in [2.75, 3.05) is 0 Å². The fourth-order valence-corrected chi connectivity index (χ4v) is 6.68. The normalized spacial score (nSPS) is 12.3. The number of hydrogen-bond acceptors (Lipinski definition) is 2. The van der Waals surface area contributed by atoms with Crippen LogP contribution in [0.25, 0.3) is 0 Å². The van der Waals surface area contributed by atoms with Crippen molar-refractivity contribution in [1.82, 2.24) is 0 Å². The second-order valence-electron chi connectivity index (χ2n) is 6.69. The van der Waals surface area contributed by atoms with Gasteiger partial charge in [-0.15, -0.1) is 0 Å². The Morgan fingerprint density at radius 1 is 0.700 bits per heavy atom. The first-order chi connectivity index (χ1) is 9.28. The lowest BCUT2D eigenvalue weighted by Gasteiger charge is -2.25. The zero-order chi connectivity index (χ0) is 15.2. The summed E-state index contributed by atoms with van der Waals surface area (Å²) in [7, 11) is -3.11. The molecule has 20 heavy (non-hydrogen) atoms.